The third kappa shape index (κ3) is 3.29. The lowest BCUT2D eigenvalue weighted by molar-refractivity contribution is 0.133. The fourth-order valence-corrected chi connectivity index (χ4v) is 4.59. The van der Waals surface area contributed by atoms with Crippen LogP contribution in [0.5, 0.6) is 11.5 Å². The molecular weight excluding hydrogens is 381 g/mol. The maximum atomic E-state index is 11.0. The van der Waals surface area contributed by atoms with Crippen molar-refractivity contribution in [3.8, 4) is 11.5 Å². The first kappa shape index (κ1) is 19.3. The monoisotopic (exact) mass is 405 g/mol. The zero-order valence-electron chi connectivity index (χ0n) is 16.0. The van der Waals surface area contributed by atoms with Crippen LogP contribution in [0.15, 0.2) is 36.4 Å². The number of nitrogens with one attached hydrogen (secondary N) is 1. The minimum Gasteiger partial charge on any atom is -0.496 e. The minimum absolute atomic E-state index is 0.0413. The van der Waals surface area contributed by atoms with E-state index < -0.39 is 7.82 Å². The third-order valence-electron chi connectivity index (χ3n) is 5.79. The van der Waals surface area contributed by atoms with Gasteiger partial charge in [-0.1, -0.05) is 32.0 Å². The first-order chi connectivity index (χ1) is 13.2. The predicted molar refractivity (Wildman–Crippen MR) is 105 cm³/mol. The zero-order chi connectivity index (χ0) is 20.1. The van der Waals surface area contributed by atoms with Crippen LogP contribution >= 0.6 is 7.82 Å². The molecular formula is C20H24NO6P. The van der Waals surface area contributed by atoms with E-state index in [1.807, 2.05) is 36.4 Å². The SMILES string of the molecule is COc1cccc2c1C1Nc3ccc(COP(=O)(O)O)cc3C(C)(C)C1CO2. The lowest BCUT2D eigenvalue weighted by Gasteiger charge is -2.48. The molecule has 0 aromatic heterocycles. The smallest absolute Gasteiger partial charge is 0.469 e. The van der Waals surface area contributed by atoms with Gasteiger partial charge in [0.15, 0.2) is 0 Å². The first-order valence-corrected chi connectivity index (χ1v) is 10.6. The van der Waals surface area contributed by atoms with Gasteiger partial charge < -0.3 is 24.6 Å². The van der Waals surface area contributed by atoms with E-state index in [2.05, 4.69) is 23.7 Å². The van der Waals surface area contributed by atoms with Gasteiger partial charge >= 0.3 is 7.82 Å². The Kier molecular flexibility index (Phi) is 4.67. The second-order valence-electron chi connectivity index (χ2n) is 7.78. The molecule has 2 aromatic carbocycles. The molecule has 0 saturated carbocycles. The highest BCUT2D eigenvalue weighted by Gasteiger charge is 2.47. The van der Waals surface area contributed by atoms with Gasteiger partial charge in [-0.05, 0) is 29.3 Å². The van der Waals surface area contributed by atoms with Gasteiger partial charge in [0, 0.05) is 17.0 Å². The summed E-state index contributed by atoms with van der Waals surface area (Å²) in [5.74, 6) is 1.78. The number of hydrogen-bond acceptors (Lipinski definition) is 5. The summed E-state index contributed by atoms with van der Waals surface area (Å²) in [5.41, 5.74) is 3.56. The molecule has 2 heterocycles. The van der Waals surface area contributed by atoms with Crippen LogP contribution in [0, 0.1) is 5.92 Å². The summed E-state index contributed by atoms with van der Waals surface area (Å²) in [7, 11) is -2.85. The Labute approximate surface area is 163 Å². The molecule has 3 N–H and O–H groups in total. The van der Waals surface area contributed by atoms with Gasteiger partial charge in [0.1, 0.15) is 11.5 Å². The van der Waals surface area contributed by atoms with E-state index in [1.54, 1.807) is 7.11 Å². The van der Waals surface area contributed by atoms with E-state index in [4.69, 9.17) is 19.3 Å². The molecule has 8 heteroatoms. The van der Waals surface area contributed by atoms with Crippen LogP contribution in [0.1, 0.15) is 36.6 Å². The van der Waals surface area contributed by atoms with Crippen molar-refractivity contribution in [2.24, 2.45) is 5.92 Å². The average molecular weight is 405 g/mol. The van der Waals surface area contributed by atoms with Crippen molar-refractivity contribution >= 4 is 13.5 Å². The fourth-order valence-electron chi connectivity index (χ4n) is 4.28. The second-order valence-corrected chi connectivity index (χ2v) is 9.02. The lowest BCUT2D eigenvalue weighted by atomic mass is 9.65. The molecule has 150 valence electrons. The maximum absolute atomic E-state index is 11.0. The van der Waals surface area contributed by atoms with E-state index in [-0.39, 0.29) is 24.0 Å². The van der Waals surface area contributed by atoms with Crippen molar-refractivity contribution in [1.82, 2.24) is 0 Å². The summed E-state index contributed by atoms with van der Waals surface area (Å²) in [6.07, 6.45) is 0. The van der Waals surface area contributed by atoms with Crippen LogP contribution < -0.4 is 14.8 Å². The van der Waals surface area contributed by atoms with E-state index >= 15 is 0 Å². The topological polar surface area (TPSA) is 97.3 Å². The highest BCUT2D eigenvalue weighted by atomic mass is 31.2. The largest absolute Gasteiger partial charge is 0.496 e. The Morgan fingerprint density at radius 3 is 2.79 bits per heavy atom. The quantitative estimate of drug-likeness (QED) is 0.667. The maximum Gasteiger partial charge on any atom is 0.469 e. The van der Waals surface area contributed by atoms with Crippen LogP contribution in [0.2, 0.25) is 0 Å². The number of phosphoric ester groups is 1. The highest BCUT2D eigenvalue weighted by molar-refractivity contribution is 7.46. The third-order valence-corrected chi connectivity index (χ3v) is 6.26. The number of rotatable bonds is 4. The van der Waals surface area contributed by atoms with Crippen molar-refractivity contribution in [3.05, 3.63) is 53.1 Å². The van der Waals surface area contributed by atoms with Gasteiger partial charge in [-0.15, -0.1) is 0 Å². The molecule has 0 fully saturated rings. The fraction of sp³-hybridized carbons (Fsp3) is 0.400. The molecule has 2 unspecified atom stereocenters. The Balaban J connectivity index is 1.73. The molecule has 0 radical (unpaired) electrons. The Morgan fingerprint density at radius 2 is 2.07 bits per heavy atom. The molecule has 0 saturated heterocycles. The van der Waals surface area contributed by atoms with Gasteiger partial charge in [0.05, 0.1) is 31.9 Å². The molecule has 0 spiro atoms. The Morgan fingerprint density at radius 1 is 1.29 bits per heavy atom. The van der Waals surface area contributed by atoms with Gasteiger partial charge in [-0.2, -0.15) is 0 Å². The number of anilines is 1. The number of methoxy groups -OCH3 is 1. The van der Waals surface area contributed by atoms with E-state index in [0.717, 1.165) is 28.3 Å². The first-order valence-electron chi connectivity index (χ1n) is 9.10. The standard InChI is InChI=1S/C20H24NO6P/c1-20(2)13-9-12(10-27-28(22,23)24)7-8-15(13)21-19-14(20)11-26-17-6-4-5-16(25-3)18(17)19/h4-9,14,19,21H,10-11H2,1-3H3,(H2,22,23,24). The molecule has 2 aliphatic heterocycles. The molecule has 0 aliphatic carbocycles. The predicted octanol–water partition coefficient (Wildman–Crippen LogP) is 3.76. The van der Waals surface area contributed by atoms with Crippen LogP contribution in [0.4, 0.5) is 5.69 Å². The molecule has 7 nitrogen and oxygen atoms in total. The number of benzene rings is 2. The summed E-state index contributed by atoms with van der Waals surface area (Å²) in [5, 5.41) is 3.63. The Hall–Kier alpha value is -2.05. The van der Waals surface area contributed by atoms with E-state index in [1.165, 1.54) is 0 Å². The number of ether oxygens (including phenoxy) is 2. The molecule has 2 aliphatic rings. The lowest BCUT2D eigenvalue weighted by Crippen LogP contribution is -2.46. The van der Waals surface area contributed by atoms with Gasteiger partial charge in [-0.3, -0.25) is 4.52 Å². The second kappa shape index (κ2) is 6.78. The summed E-state index contributed by atoms with van der Waals surface area (Å²) < 4.78 is 27.3. The van der Waals surface area contributed by atoms with Gasteiger partial charge in [0.2, 0.25) is 0 Å². The molecule has 0 amide bonds. The Bertz CT molecular complexity index is 939. The summed E-state index contributed by atoms with van der Waals surface area (Å²) in [6, 6.07) is 11.6. The molecule has 4 rings (SSSR count). The summed E-state index contributed by atoms with van der Waals surface area (Å²) in [6.45, 7) is 4.76. The average Bonchev–Trinajstić information content (AvgIpc) is 2.65. The zero-order valence-corrected chi connectivity index (χ0v) is 16.9. The molecule has 0 bridgehead atoms. The minimum atomic E-state index is -4.51. The number of fused-ring (bicyclic) bond motifs is 4. The summed E-state index contributed by atoms with van der Waals surface area (Å²) in [4.78, 5) is 17.9. The van der Waals surface area contributed by atoms with Crippen LogP contribution in [-0.4, -0.2) is 23.5 Å². The van der Waals surface area contributed by atoms with Crippen LogP contribution in [0.3, 0.4) is 0 Å². The van der Waals surface area contributed by atoms with Gasteiger partial charge in [-0.25, -0.2) is 4.57 Å². The van der Waals surface area contributed by atoms with Crippen molar-refractivity contribution in [2.75, 3.05) is 19.0 Å². The summed E-state index contributed by atoms with van der Waals surface area (Å²) >= 11 is 0. The molecule has 2 atom stereocenters. The van der Waals surface area contributed by atoms with Crippen molar-refractivity contribution in [3.63, 3.8) is 0 Å². The van der Waals surface area contributed by atoms with Crippen LogP contribution in [0.25, 0.3) is 0 Å². The van der Waals surface area contributed by atoms with E-state index in [0.29, 0.717) is 12.2 Å². The van der Waals surface area contributed by atoms with Crippen molar-refractivity contribution < 1.29 is 28.3 Å². The van der Waals surface area contributed by atoms with E-state index in [9.17, 15) is 4.57 Å². The number of hydrogen-bond donors (Lipinski definition) is 3. The number of phosphoric acid groups is 1. The van der Waals surface area contributed by atoms with Crippen molar-refractivity contribution in [2.45, 2.75) is 31.9 Å². The molecule has 28 heavy (non-hydrogen) atoms. The molecule has 2 aromatic rings. The highest BCUT2D eigenvalue weighted by Crippen LogP contribution is 2.54. The van der Waals surface area contributed by atoms with Crippen LogP contribution in [-0.2, 0) is 21.1 Å². The van der Waals surface area contributed by atoms with Crippen molar-refractivity contribution in [1.29, 1.82) is 0 Å². The normalized spacial score (nSPS) is 22.2. The van der Waals surface area contributed by atoms with Gasteiger partial charge in [0.25, 0.3) is 0 Å².